The molecule has 2 rings (SSSR count). The lowest BCUT2D eigenvalue weighted by atomic mass is 9.68. The topological polar surface area (TPSA) is 49.4 Å². The van der Waals surface area contributed by atoms with Crippen molar-refractivity contribution in [2.45, 2.75) is 58.3 Å². The first-order valence-electron chi connectivity index (χ1n) is 9.76. The number of unbranched alkanes of at least 4 members (excludes halogenated alkanes) is 3. The van der Waals surface area contributed by atoms with E-state index in [2.05, 4.69) is 30.4 Å². The number of rotatable bonds is 8. The number of sulfonamides is 1. The first-order chi connectivity index (χ1) is 12.6. The first kappa shape index (κ1) is 22.8. The molecule has 1 N–H and O–H groups in total. The van der Waals surface area contributed by atoms with Crippen LogP contribution in [0.25, 0.3) is 0 Å². The largest absolute Gasteiger partial charge is 0.303 e. The molecule has 1 heterocycles. The van der Waals surface area contributed by atoms with Crippen LogP contribution in [-0.4, -0.2) is 39.2 Å². The number of hydrogen-bond donors (Lipinski definition) is 1. The predicted molar refractivity (Wildman–Crippen MR) is 117 cm³/mol. The third-order valence-corrected chi connectivity index (χ3v) is 7.08. The van der Waals surface area contributed by atoms with Gasteiger partial charge in [0, 0.05) is 11.6 Å². The smallest absolute Gasteiger partial charge is 0.229 e. The van der Waals surface area contributed by atoms with Crippen LogP contribution in [0, 0.1) is 5.92 Å². The molecule has 1 aromatic carbocycles. The van der Waals surface area contributed by atoms with E-state index in [1.165, 1.54) is 25.7 Å². The minimum absolute atomic E-state index is 0.116. The molecule has 4 nitrogen and oxygen atoms in total. The summed E-state index contributed by atoms with van der Waals surface area (Å²) < 4.78 is 25.8. The van der Waals surface area contributed by atoms with Gasteiger partial charge >= 0.3 is 0 Å². The van der Waals surface area contributed by atoms with Gasteiger partial charge in [-0.15, -0.1) is 0 Å². The zero-order valence-corrected chi connectivity index (χ0v) is 19.1. The van der Waals surface area contributed by atoms with Gasteiger partial charge in [-0.05, 0) is 55.0 Å². The van der Waals surface area contributed by atoms with Gasteiger partial charge < -0.3 is 4.90 Å². The van der Waals surface area contributed by atoms with Crippen molar-refractivity contribution in [1.82, 2.24) is 4.90 Å². The quantitative estimate of drug-likeness (QED) is 0.545. The Morgan fingerprint density at radius 1 is 1.22 bits per heavy atom. The summed E-state index contributed by atoms with van der Waals surface area (Å²) in [6.45, 7) is 9.92. The molecule has 0 saturated carbocycles. The van der Waals surface area contributed by atoms with Crippen molar-refractivity contribution in [3.8, 4) is 0 Å². The highest BCUT2D eigenvalue weighted by atomic mass is 35.5. The zero-order chi connectivity index (χ0) is 20.2. The number of hydrogen-bond acceptors (Lipinski definition) is 3. The van der Waals surface area contributed by atoms with E-state index in [1.54, 1.807) is 6.07 Å². The summed E-state index contributed by atoms with van der Waals surface area (Å²) in [4.78, 5) is 2.54. The molecule has 1 aromatic rings. The van der Waals surface area contributed by atoms with E-state index in [0.717, 1.165) is 37.9 Å². The normalized spacial score (nSPS) is 24.1. The van der Waals surface area contributed by atoms with Gasteiger partial charge in [-0.2, -0.15) is 0 Å². The van der Waals surface area contributed by atoms with E-state index in [-0.39, 0.29) is 5.41 Å². The molecule has 0 aromatic heterocycles. The molecule has 0 spiro atoms. The molecule has 1 aliphatic rings. The molecule has 27 heavy (non-hydrogen) atoms. The van der Waals surface area contributed by atoms with Crippen molar-refractivity contribution < 1.29 is 8.42 Å². The summed E-state index contributed by atoms with van der Waals surface area (Å²) in [6, 6.07) is 3.47. The molecule has 0 amide bonds. The van der Waals surface area contributed by atoms with Crippen LogP contribution in [0.15, 0.2) is 12.1 Å². The van der Waals surface area contributed by atoms with Gasteiger partial charge in [0.2, 0.25) is 10.0 Å². The fraction of sp³-hybridized carbons (Fsp3) is 0.700. The predicted octanol–water partition coefficient (Wildman–Crippen LogP) is 5.54. The Labute approximate surface area is 174 Å². The molecule has 154 valence electrons. The summed E-state index contributed by atoms with van der Waals surface area (Å²) in [7, 11) is -3.40. The van der Waals surface area contributed by atoms with Gasteiger partial charge in [0.1, 0.15) is 0 Å². The fourth-order valence-electron chi connectivity index (χ4n) is 3.95. The second-order valence-corrected chi connectivity index (χ2v) is 10.7. The maximum absolute atomic E-state index is 11.7. The van der Waals surface area contributed by atoms with Gasteiger partial charge in [0.25, 0.3) is 0 Å². The van der Waals surface area contributed by atoms with Gasteiger partial charge in [-0.3, -0.25) is 4.72 Å². The average molecular weight is 435 g/mol. The van der Waals surface area contributed by atoms with Crippen molar-refractivity contribution in [3.63, 3.8) is 0 Å². The van der Waals surface area contributed by atoms with Crippen LogP contribution in [0.3, 0.4) is 0 Å². The molecule has 0 bridgehead atoms. The molecule has 0 radical (unpaired) electrons. The molecule has 7 heteroatoms. The highest BCUT2D eigenvalue weighted by Crippen LogP contribution is 2.45. The number of nitrogens with zero attached hydrogens (tertiary/aromatic N) is 1. The molecule has 1 fully saturated rings. The monoisotopic (exact) mass is 434 g/mol. The fourth-order valence-corrected chi connectivity index (χ4v) is 5.22. The number of benzene rings is 1. The molecule has 2 atom stereocenters. The maximum atomic E-state index is 11.7. The molecule has 1 aliphatic heterocycles. The van der Waals surface area contributed by atoms with Crippen molar-refractivity contribution >= 4 is 38.9 Å². The zero-order valence-electron chi connectivity index (χ0n) is 16.8. The number of nitrogens with one attached hydrogen (secondary N) is 1. The molecular weight excluding hydrogens is 403 g/mol. The van der Waals surface area contributed by atoms with Crippen LogP contribution in [0.2, 0.25) is 10.0 Å². The molecular formula is C20H32Cl2N2O2S. The Kier molecular flexibility index (Phi) is 7.88. The molecule has 1 saturated heterocycles. The van der Waals surface area contributed by atoms with E-state index in [9.17, 15) is 8.42 Å². The Hall–Kier alpha value is -0.490. The van der Waals surface area contributed by atoms with Crippen molar-refractivity contribution in [1.29, 1.82) is 0 Å². The minimum atomic E-state index is -3.40. The highest BCUT2D eigenvalue weighted by Gasteiger charge is 2.39. The van der Waals surface area contributed by atoms with Crippen LogP contribution in [0.1, 0.15) is 58.4 Å². The van der Waals surface area contributed by atoms with E-state index >= 15 is 0 Å². The Morgan fingerprint density at radius 3 is 2.52 bits per heavy atom. The highest BCUT2D eigenvalue weighted by molar-refractivity contribution is 7.92. The average Bonchev–Trinajstić information content (AvgIpc) is 2.56. The van der Waals surface area contributed by atoms with Gasteiger partial charge in [0.15, 0.2) is 0 Å². The number of halogens is 2. The van der Waals surface area contributed by atoms with E-state index in [4.69, 9.17) is 23.2 Å². The van der Waals surface area contributed by atoms with Gasteiger partial charge in [-0.1, -0.05) is 63.2 Å². The summed E-state index contributed by atoms with van der Waals surface area (Å²) >= 11 is 12.8. The third kappa shape index (κ3) is 5.99. The van der Waals surface area contributed by atoms with Crippen LogP contribution < -0.4 is 4.72 Å². The van der Waals surface area contributed by atoms with Crippen molar-refractivity contribution in [2.24, 2.45) is 5.92 Å². The minimum Gasteiger partial charge on any atom is -0.303 e. The summed E-state index contributed by atoms with van der Waals surface area (Å²) in [6.07, 6.45) is 7.22. The second-order valence-electron chi connectivity index (χ2n) is 8.12. The third-order valence-electron chi connectivity index (χ3n) is 5.86. The SMILES string of the molecule is CCCCCCN1CC[C@](C)(c2cc(NS(C)(=O)=O)c(Cl)cc2Cl)[C@@H](C)C1. The van der Waals surface area contributed by atoms with E-state index in [0.29, 0.717) is 21.7 Å². The van der Waals surface area contributed by atoms with Crippen molar-refractivity contribution in [2.75, 3.05) is 30.6 Å². The number of piperidine rings is 1. The van der Waals surface area contributed by atoms with E-state index < -0.39 is 10.0 Å². The number of likely N-dealkylation sites (tertiary alicyclic amines) is 1. The lowest BCUT2D eigenvalue weighted by molar-refractivity contribution is 0.109. The van der Waals surface area contributed by atoms with Crippen molar-refractivity contribution in [3.05, 3.63) is 27.7 Å². The van der Waals surface area contributed by atoms with E-state index in [1.807, 2.05) is 6.07 Å². The standard InChI is InChI=1S/C20H32Cl2N2O2S/c1-5-6-7-8-10-24-11-9-20(3,15(2)14-24)16-12-19(23-27(4,25)26)18(22)13-17(16)21/h12-13,15,23H,5-11,14H2,1-4H3/t15-,20-/m0/s1. The van der Waals surface area contributed by atoms with Crippen LogP contribution in [0.4, 0.5) is 5.69 Å². The van der Waals surface area contributed by atoms with Crippen LogP contribution in [-0.2, 0) is 15.4 Å². The first-order valence-corrected chi connectivity index (χ1v) is 12.4. The Balaban J connectivity index is 2.18. The summed E-state index contributed by atoms with van der Waals surface area (Å²) in [5.74, 6) is 0.405. The summed E-state index contributed by atoms with van der Waals surface area (Å²) in [5, 5.41) is 0.920. The Bertz CT molecular complexity index is 755. The number of anilines is 1. The second kappa shape index (κ2) is 9.34. The van der Waals surface area contributed by atoms with Gasteiger partial charge in [0.05, 0.1) is 17.0 Å². The summed E-state index contributed by atoms with van der Waals surface area (Å²) in [5.41, 5.74) is 1.25. The van der Waals surface area contributed by atoms with Crippen LogP contribution in [0.5, 0.6) is 0 Å². The van der Waals surface area contributed by atoms with Crippen LogP contribution >= 0.6 is 23.2 Å². The maximum Gasteiger partial charge on any atom is 0.229 e. The lowest BCUT2D eigenvalue weighted by Crippen LogP contribution is -2.47. The molecule has 0 unspecified atom stereocenters. The molecule has 0 aliphatic carbocycles. The van der Waals surface area contributed by atoms with Gasteiger partial charge in [-0.25, -0.2) is 8.42 Å². The lowest BCUT2D eigenvalue weighted by Gasteiger charge is -2.45. The Morgan fingerprint density at radius 2 is 1.93 bits per heavy atom.